The quantitative estimate of drug-likeness (QED) is 0.236. The third-order valence-electron chi connectivity index (χ3n) is 5.04. The summed E-state index contributed by atoms with van der Waals surface area (Å²) >= 11 is 0. The molecule has 0 amide bonds. The van der Waals surface area contributed by atoms with Crippen molar-refractivity contribution in [3.05, 3.63) is 0 Å². The standard InChI is InChI=1S/C22H45NO3/c1-5-7-8-9-10-11-12-13-14-15-16-17-18-21(26-6-2)19-23(3,4)20-22(24)25/h21H,5-20H2,1-4H3/p+1. The van der Waals surface area contributed by atoms with E-state index >= 15 is 0 Å². The van der Waals surface area contributed by atoms with Crippen LogP contribution in [0.15, 0.2) is 0 Å². The topological polar surface area (TPSA) is 46.5 Å². The fourth-order valence-electron chi connectivity index (χ4n) is 3.66. The van der Waals surface area contributed by atoms with E-state index in [-0.39, 0.29) is 12.6 Å². The molecule has 0 aromatic heterocycles. The van der Waals surface area contributed by atoms with Crippen molar-refractivity contribution in [1.29, 1.82) is 0 Å². The Hall–Kier alpha value is -0.610. The van der Waals surface area contributed by atoms with Crippen molar-refractivity contribution in [1.82, 2.24) is 0 Å². The third-order valence-corrected chi connectivity index (χ3v) is 5.04. The Morgan fingerprint density at radius 3 is 1.73 bits per heavy atom. The summed E-state index contributed by atoms with van der Waals surface area (Å²) in [6.07, 6.45) is 17.5. The highest BCUT2D eigenvalue weighted by Crippen LogP contribution is 2.15. The van der Waals surface area contributed by atoms with Crippen LogP contribution in [-0.2, 0) is 9.53 Å². The zero-order chi connectivity index (χ0) is 19.7. The smallest absolute Gasteiger partial charge is 0.359 e. The second-order valence-electron chi connectivity index (χ2n) is 8.43. The van der Waals surface area contributed by atoms with E-state index in [4.69, 9.17) is 9.84 Å². The van der Waals surface area contributed by atoms with Crippen LogP contribution in [0.4, 0.5) is 0 Å². The van der Waals surface area contributed by atoms with E-state index in [1.807, 2.05) is 21.0 Å². The normalized spacial score (nSPS) is 13.1. The van der Waals surface area contributed by atoms with Gasteiger partial charge in [-0.3, -0.25) is 0 Å². The Kier molecular flexibility index (Phi) is 16.2. The molecule has 156 valence electrons. The van der Waals surface area contributed by atoms with E-state index in [2.05, 4.69) is 6.92 Å². The molecular weight excluding hydrogens is 326 g/mol. The largest absolute Gasteiger partial charge is 0.477 e. The van der Waals surface area contributed by atoms with Crippen molar-refractivity contribution in [2.75, 3.05) is 33.8 Å². The SMILES string of the molecule is CCCCCCCCCCCCCCC(C[N+](C)(C)CC(=O)O)OCC. The Morgan fingerprint density at radius 2 is 1.31 bits per heavy atom. The minimum Gasteiger partial charge on any atom is -0.477 e. The van der Waals surface area contributed by atoms with E-state index in [1.165, 1.54) is 77.0 Å². The van der Waals surface area contributed by atoms with Crippen LogP contribution in [0.5, 0.6) is 0 Å². The molecule has 0 aliphatic rings. The number of ether oxygens (including phenoxy) is 1. The lowest BCUT2D eigenvalue weighted by Gasteiger charge is -2.31. The van der Waals surface area contributed by atoms with Crippen molar-refractivity contribution in [2.45, 2.75) is 103 Å². The Bertz CT molecular complexity index is 331. The number of hydrogen-bond donors (Lipinski definition) is 1. The first-order valence-electron chi connectivity index (χ1n) is 11.1. The average molecular weight is 373 g/mol. The molecule has 0 radical (unpaired) electrons. The first-order chi connectivity index (χ1) is 12.4. The molecule has 0 heterocycles. The molecule has 0 saturated carbocycles. The number of rotatable bonds is 19. The average Bonchev–Trinajstić information content (AvgIpc) is 2.54. The van der Waals surface area contributed by atoms with Gasteiger partial charge in [-0.1, -0.05) is 84.0 Å². The van der Waals surface area contributed by atoms with Gasteiger partial charge in [0.1, 0.15) is 12.6 Å². The highest BCUT2D eigenvalue weighted by atomic mass is 16.5. The third kappa shape index (κ3) is 16.8. The highest BCUT2D eigenvalue weighted by Gasteiger charge is 2.24. The fourth-order valence-corrected chi connectivity index (χ4v) is 3.66. The summed E-state index contributed by atoms with van der Waals surface area (Å²) in [7, 11) is 3.95. The molecule has 1 N–H and O–H groups in total. The van der Waals surface area contributed by atoms with Gasteiger partial charge in [0.05, 0.1) is 14.1 Å². The van der Waals surface area contributed by atoms with Gasteiger partial charge in [0.25, 0.3) is 0 Å². The van der Waals surface area contributed by atoms with Crippen LogP contribution in [0.2, 0.25) is 0 Å². The van der Waals surface area contributed by atoms with Gasteiger partial charge >= 0.3 is 5.97 Å². The van der Waals surface area contributed by atoms with Crippen molar-refractivity contribution in [3.8, 4) is 0 Å². The van der Waals surface area contributed by atoms with Crippen molar-refractivity contribution >= 4 is 5.97 Å². The summed E-state index contributed by atoms with van der Waals surface area (Å²) in [5.74, 6) is -0.740. The van der Waals surface area contributed by atoms with Crippen LogP contribution in [0, 0.1) is 0 Å². The van der Waals surface area contributed by atoms with E-state index < -0.39 is 5.97 Å². The minimum atomic E-state index is -0.740. The lowest BCUT2D eigenvalue weighted by Crippen LogP contribution is -2.49. The molecule has 0 spiro atoms. The van der Waals surface area contributed by atoms with Crippen LogP contribution in [-0.4, -0.2) is 55.5 Å². The number of hydrogen-bond acceptors (Lipinski definition) is 2. The fraction of sp³-hybridized carbons (Fsp3) is 0.955. The molecule has 0 aromatic rings. The first kappa shape index (κ1) is 25.4. The van der Waals surface area contributed by atoms with Crippen LogP contribution < -0.4 is 0 Å². The van der Waals surface area contributed by atoms with E-state index in [1.54, 1.807) is 0 Å². The predicted molar refractivity (Wildman–Crippen MR) is 111 cm³/mol. The molecule has 0 aliphatic carbocycles. The van der Waals surface area contributed by atoms with Gasteiger partial charge in [0.15, 0.2) is 6.54 Å². The molecule has 4 nitrogen and oxygen atoms in total. The maximum Gasteiger partial charge on any atom is 0.359 e. The molecule has 1 atom stereocenters. The highest BCUT2D eigenvalue weighted by molar-refractivity contribution is 5.67. The summed E-state index contributed by atoms with van der Waals surface area (Å²) in [4.78, 5) is 11.0. The van der Waals surface area contributed by atoms with Gasteiger partial charge < -0.3 is 14.3 Å². The molecule has 4 heteroatoms. The van der Waals surface area contributed by atoms with Gasteiger partial charge in [0.2, 0.25) is 0 Å². The Morgan fingerprint density at radius 1 is 0.846 bits per heavy atom. The van der Waals surface area contributed by atoms with Crippen molar-refractivity contribution in [2.24, 2.45) is 0 Å². The monoisotopic (exact) mass is 372 g/mol. The molecular formula is C22H46NO3+. The van der Waals surface area contributed by atoms with Crippen LogP contribution in [0.3, 0.4) is 0 Å². The van der Waals surface area contributed by atoms with Crippen LogP contribution >= 0.6 is 0 Å². The molecule has 0 saturated heterocycles. The Balaban J connectivity index is 3.67. The van der Waals surface area contributed by atoms with Gasteiger partial charge in [0, 0.05) is 6.61 Å². The number of aliphatic carboxylic acids is 1. The minimum absolute atomic E-state index is 0.155. The number of likely N-dealkylation sites (N-methyl/N-ethyl adjacent to an activating group) is 1. The number of quaternary nitrogens is 1. The Labute approximate surface area is 162 Å². The maximum absolute atomic E-state index is 11.0. The van der Waals surface area contributed by atoms with Crippen LogP contribution in [0.25, 0.3) is 0 Å². The second-order valence-corrected chi connectivity index (χ2v) is 8.43. The molecule has 0 rings (SSSR count). The summed E-state index contributed by atoms with van der Waals surface area (Å²) in [5.41, 5.74) is 0. The van der Waals surface area contributed by atoms with Crippen molar-refractivity contribution < 1.29 is 19.1 Å². The van der Waals surface area contributed by atoms with Gasteiger partial charge in [-0.2, -0.15) is 0 Å². The van der Waals surface area contributed by atoms with Gasteiger partial charge in [-0.05, 0) is 13.3 Å². The summed E-state index contributed by atoms with van der Waals surface area (Å²) in [6.45, 7) is 5.93. The predicted octanol–water partition coefficient (Wildman–Crippen LogP) is 5.64. The van der Waals surface area contributed by atoms with Gasteiger partial charge in [-0.25, -0.2) is 4.79 Å². The van der Waals surface area contributed by atoms with Crippen molar-refractivity contribution in [3.63, 3.8) is 0 Å². The lowest BCUT2D eigenvalue weighted by atomic mass is 10.0. The van der Waals surface area contributed by atoms with Crippen LogP contribution in [0.1, 0.15) is 97.3 Å². The summed E-state index contributed by atoms with van der Waals surface area (Å²) in [5, 5.41) is 9.02. The number of nitrogens with zero attached hydrogens (tertiary/aromatic N) is 1. The molecule has 26 heavy (non-hydrogen) atoms. The lowest BCUT2D eigenvalue weighted by molar-refractivity contribution is -0.886. The zero-order valence-corrected chi connectivity index (χ0v) is 18.1. The summed E-state index contributed by atoms with van der Waals surface area (Å²) in [6, 6.07) is 0. The zero-order valence-electron chi connectivity index (χ0n) is 18.1. The van der Waals surface area contributed by atoms with Gasteiger partial charge in [-0.15, -0.1) is 0 Å². The maximum atomic E-state index is 11.0. The van der Waals surface area contributed by atoms with E-state index in [0.717, 1.165) is 13.0 Å². The number of carbonyl (C=O) groups is 1. The number of carboxylic acids is 1. The molecule has 1 unspecified atom stereocenters. The van der Waals surface area contributed by atoms with E-state index in [9.17, 15) is 4.79 Å². The molecule has 0 bridgehead atoms. The number of unbranched alkanes of at least 4 members (excludes halogenated alkanes) is 11. The molecule has 0 fully saturated rings. The van der Waals surface area contributed by atoms with E-state index in [0.29, 0.717) is 11.1 Å². The summed E-state index contributed by atoms with van der Waals surface area (Å²) < 4.78 is 6.34. The molecule has 0 aliphatic heterocycles. The first-order valence-corrected chi connectivity index (χ1v) is 11.1. The molecule has 0 aromatic carbocycles. The number of carboxylic acid groups (broad SMARTS) is 1. The second kappa shape index (κ2) is 16.6.